The predicted molar refractivity (Wildman–Crippen MR) is 65.5 cm³/mol. The fourth-order valence-electron chi connectivity index (χ4n) is 1.33. The fraction of sp³-hybridized carbons (Fsp3) is 0.364. The molecule has 0 amide bonds. The Balaban J connectivity index is 0.000000606. The molecule has 0 aliphatic carbocycles. The molecule has 0 aromatic heterocycles. The summed E-state index contributed by atoms with van der Waals surface area (Å²) < 4.78 is 24.9. The Hall–Kier alpha value is -1.36. The van der Waals surface area contributed by atoms with Gasteiger partial charge in [0.15, 0.2) is 0 Å². The maximum absolute atomic E-state index is 11.9. The molecule has 5 heteroatoms. The number of amidine groups is 1. The molecule has 0 radical (unpaired) electrons. The number of sulfonamides is 1. The van der Waals surface area contributed by atoms with Crippen molar-refractivity contribution in [1.29, 1.82) is 0 Å². The number of rotatable bonds is 0. The first-order chi connectivity index (χ1) is 7.53. The lowest BCUT2D eigenvalue weighted by atomic mass is 10.3. The molecule has 2 rings (SSSR count). The zero-order valence-electron chi connectivity index (χ0n) is 9.93. The highest BCUT2D eigenvalue weighted by Crippen LogP contribution is 2.30. The fourth-order valence-corrected chi connectivity index (χ4v) is 2.65. The van der Waals surface area contributed by atoms with E-state index in [0.29, 0.717) is 11.5 Å². The van der Waals surface area contributed by atoms with Gasteiger partial charge in [-0.15, -0.1) is 0 Å². The normalized spacial score (nSPS) is 16.8. The van der Waals surface area contributed by atoms with Gasteiger partial charge in [0.05, 0.1) is 5.69 Å². The Morgan fingerprint density at radius 2 is 1.75 bits per heavy atom. The zero-order valence-corrected chi connectivity index (χ0v) is 10.7. The van der Waals surface area contributed by atoms with Crippen molar-refractivity contribution in [2.75, 3.05) is 7.05 Å². The van der Waals surface area contributed by atoms with Crippen LogP contribution in [0, 0.1) is 0 Å². The maximum Gasteiger partial charge on any atom is 0.267 e. The van der Waals surface area contributed by atoms with E-state index in [9.17, 15) is 8.42 Å². The van der Waals surface area contributed by atoms with Gasteiger partial charge >= 0.3 is 0 Å². The standard InChI is InChI=1S/C9H10N2O2S.C2H6/c1-7-10-8-5-3-4-6-9(8)14(12,13)11(7)2;1-2/h3-6H,1-2H3;1-2H3. The summed E-state index contributed by atoms with van der Waals surface area (Å²) in [4.78, 5) is 4.46. The summed E-state index contributed by atoms with van der Waals surface area (Å²) in [5.74, 6) is 0.490. The Labute approximate surface area is 96.7 Å². The second kappa shape index (κ2) is 4.65. The van der Waals surface area contributed by atoms with Gasteiger partial charge in [-0.2, -0.15) is 0 Å². The van der Waals surface area contributed by atoms with Crippen LogP contribution in [-0.2, 0) is 10.0 Å². The number of fused-ring (bicyclic) bond motifs is 1. The Morgan fingerprint density at radius 3 is 2.38 bits per heavy atom. The molecule has 0 N–H and O–H groups in total. The molecule has 1 aromatic carbocycles. The van der Waals surface area contributed by atoms with Crippen molar-refractivity contribution in [3.05, 3.63) is 24.3 Å². The monoisotopic (exact) mass is 240 g/mol. The summed E-state index contributed by atoms with van der Waals surface area (Å²) in [5.41, 5.74) is 0.517. The topological polar surface area (TPSA) is 49.7 Å². The van der Waals surface area contributed by atoms with Crippen molar-refractivity contribution in [1.82, 2.24) is 4.31 Å². The molecule has 0 atom stereocenters. The number of benzene rings is 1. The van der Waals surface area contributed by atoms with Crippen molar-refractivity contribution in [2.24, 2.45) is 4.99 Å². The van der Waals surface area contributed by atoms with Crippen LogP contribution in [0.25, 0.3) is 0 Å². The Bertz CT molecular complexity index is 506. The van der Waals surface area contributed by atoms with Crippen LogP contribution in [0.1, 0.15) is 20.8 Å². The number of aliphatic imine (C=N–C) groups is 1. The second-order valence-corrected chi connectivity index (χ2v) is 5.04. The first-order valence-electron chi connectivity index (χ1n) is 5.17. The molecule has 0 saturated carbocycles. The summed E-state index contributed by atoms with van der Waals surface area (Å²) in [7, 11) is -1.86. The van der Waals surface area contributed by atoms with E-state index < -0.39 is 10.0 Å². The summed E-state index contributed by atoms with van der Waals surface area (Å²) >= 11 is 0. The molecule has 0 saturated heterocycles. The highest BCUT2D eigenvalue weighted by molar-refractivity contribution is 7.89. The van der Waals surface area contributed by atoms with Gasteiger partial charge in [0.25, 0.3) is 10.0 Å². The molecule has 1 aliphatic heterocycles. The van der Waals surface area contributed by atoms with E-state index in [4.69, 9.17) is 0 Å². The summed E-state index contributed by atoms with van der Waals surface area (Å²) in [5, 5.41) is 0. The van der Waals surface area contributed by atoms with Gasteiger partial charge in [-0.25, -0.2) is 13.4 Å². The van der Waals surface area contributed by atoms with Crippen LogP contribution < -0.4 is 0 Å². The summed E-state index contributed by atoms with van der Waals surface area (Å²) in [6.45, 7) is 5.67. The molecule has 0 bridgehead atoms. The number of hydrogen-bond donors (Lipinski definition) is 0. The van der Waals surface area contributed by atoms with Crippen LogP contribution in [-0.4, -0.2) is 25.6 Å². The van der Waals surface area contributed by atoms with Gasteiger partial charge in [-0.3, -0.25) is 4.31 Å². The molecular weight excluding hydrogens is 224 g/mol. The minimum atomic E-state index is -3.37. The first kappa shape index (κ1) is 12.7. The van der Waals surface area contributed by atoms with Gasteiger partial charge in [-0.1, -0.05) is 26.0 Å². The quantitative estimate of drug-likeness (QED) is 0.699. The van der Waals surface area contributed by atoms with E-state index in [0.717, 1.165) is 0 Å². The number of nitrogens with zero attached hydrogens (tertiary/aromatic N) is 2. The third kappa shape index (κ3) is 1.95. The molecule has 0 unspecified atom stereocenters. The van der Waals surface area contributed by atoms with Gasteiger partial charge in [0, 0.05) is 7.05 Å². The molecule has 0 spiro atoms. The molecule has 0 fully saturated rings. The third-order valence-electron chi connectivity index (χ3n) is 2.24. The molecule has 16 heavy (non-hydrogen) atoms. The highest BCUT2D eigenvalue weighted by Gasteiger charge is 2.28. The minimum Gasteiger partial charge on any atom is -0.257 e. The Morgan fingerprint density at radius 1 is 1.19 bits per heavy atom. The number of para-hydroxylation sites is 1. The van der Waals surface area contributed by atoms with Crippen molar-refractivity contribution in [3.8, 4) is 0 Å². The van der Waals surface area contributed by atoms with Crippen LogP contribution >= 0.6 is 0 Å². The van der Waals surface area contributed by atoms with Crippen molar-refractivity contribution >= 4 is 21.5 Å². The lowest BCUT2D eigenvalue weighted by Gasteiger charge is -2.24. The molecule has 88 valence electrons. The predicted octanol–water partition coefficient (Wildman–Crippen LogP) is 2.40. The van der Waals surface area contributed by atoms with E-state index >= 15 is 0 Å². The van der Waals surface area contributed by atoms with E-state index in [-0.39, 0.29) is 4.90 Å². The van der Waals surface area contributed by atoms with Crippen molar-refractivity contribution < 1.29 is 8.42 Å². The Kier molecular flexibility index (Phi) is 3.70. The molecular formula is C11H16N2O2S. The molecule has 1 aromatic rings. The van der Waals surface area contributed by atoms with Gasteiger partial charge in [0.2, 0.25) is 0 Å². The van der Waals surface area contributed by atoms with Crippen LogP contribution in [0.2, 0.25) is 0 Å². The third-order valence-corrected chi connectivity index (χ3v) is 4.13. The average Bonchev–Trinajstić information content (AvgIpc) is 2.29. The van der Waals surface area contributed by atoms with Gasteiger partial charge < -0.3 is 0 Å². The van der Waals surface area contributed by atoms with Crippen LogP contribution in [0.15, 0.2) is 34.2 Å². The lowest BCUT2D eigenvalue weighted by Crippen LogP contribution is -2.33. The van der Waals surface area contributed by atoms with E-state index in [1.54, 1.807) is 31.2 Å². The highest BCUT2D eigenvalue weighted by atomic mass is 32.2. The van der Waals surface area contributed by atoms with Crippen molar-refractivity contribution in [3.63, 3.8) is 0 Å². The first-order valence-corrected chi connectivity index (χ1v) is 6.61. The zero-order chi connectivity index (χ0) is 12.3. The second-order valence-electron chi connectivity index (χ2n) is 3.10. The summed E-state index contributed by atoms with van der Waals surface area (Å²) in [6.07, 6.45) is 0. The molecule has 4 nitrogen and oxygen atoms in total. The largest absolute Gasteiger partial charge is 0.267 e. The van der Waals surface area contributed by atoms with Crippen LogP contribution in [0.4, 0.5) is 5.69 Å². The average molecular weight is 240 g/mol. The minimum absolute atomic E-state index is 0.271. The van der Waals surface area contributed by atoms with Crippen LogP contribution in [0.5, 0.6) is 0 Å². The van der Waals surface area contributed by atoms with Gasteiger partial charge in [-0.05, 0) is 19.1 Å². The molecule has 1 aliphatic rings. The summed E-state index contributed by atoms with van der Waals surface area (Å²) in [6, 6.07) is 6.73. The smallest absolute Gasteiger partial charge is 0.257 e. The van der Waals surface area contributed by atoms with Gasteiger partial charge in [0.1, 0.15) is 10.7 Å². The lowest BCUT2D eigenvalue weighted by molar-refractivity contribution is 0.549. The maximum atomic E-state index is 11.9. The van der Waals surface area contributed by atoms with Crippen molar-refractivity contribution in [2.45, 2.75) is 25.7 Å². The van der Waals surface area contributed by atoms with E-state index in [1.165, 1.54) is 11.4 Å². The molecule has 1 heterocycles. The number of hydrogen-bond acceptors (Lipinski definition) is 3. The van der Waals surface area contributed by atoms with E-state index in [1.807, 2.05) is 13.8 Å². The van der Waals surface area contributed by atoms with E-state index in [2.05, 4.69) is 4.99 Å². The van der Waals surface area contributed by atoms with Crippen LogP contribution in [0.3, 0.4) is 0 Å². The SMILES string of the molecule is CC.CC1=Nc2ccccc2S(=O)(=O)N1C.